The Morgan fingerprint density at radius 1 is 1.28 bits per heavy atom. The van der Waals surface area contributed by atoms with Crippen molar-refractivity contribution in [2.24, 2.45) is 0 Å². The molecule has 1 amide bonds. The van der Waals surface area contributed by atoms with E-state index >= 15 is 0 Å². The van der Waals surface area contributed by atoms with Crippen LogP contribution in [0.3, 0.4) is 0 Å². The summed E-state index contributed by atoms with van der Waals surface area (Å²) in [5, 5.41) is 6.66. The average Bonchev–Trinajstić information content (AvgIpc) is 3.11. The third-order valence-electron chi connectivity index (χ3n) is 6.38. The zero-order valence-corrected chi connectivity index (χ0v) is 17.8. The van der Waals surface area contributed by atoms with Crippen molar-refractivity contribution < 1.29 is 14.3 Å². The smallest absolute Gasteiger partial charge is 0.414 e. The third kappa shape index (κ3) is 3.30. The van der Waals surface area contributed by atoms with E-state index in [1.165, 1.54) is 18.5 Å². The van der Waals surface area contributed by atoms with Gasteiger partial charge in [0, 0.05) is 41.6 Å². The van der Waals surface area contributed by atoms with E-state index in [2.05, 4.69) is 23.7 Å². The maximum atomic E-state index is 12.5. The van der Waals surface area contributed by atoms with E-state index in [9.17, 15) is 4.79 Å². The number of carbonyl (C=O) groups is 1. The van der Waals surface area contributed by atoms with Crippen LogP contribution in [0.25, 0.3) is 11.3 Å². The lowest BCUT2D eigenvalue weighted by atomic mass is 9.92. The SMILES string of the molecule is COC(=O)N1c2ccc(-c3csc(C4CNC4)n3)c(OC3CCC3)c2CCC1C. The van der Waals surface area contributed by atoms with Crippen LogP contribution >= 0.6 is 11.3 Å². The molecule has 1 aliphatic carbocycles. The molecule has 1 unspecified atom stereocenters. The molecule has 1 atom stereocenters. The highest BCUT2D eigenvalue weighted by molar-refractivity contribution is 7.10. The van der Waals surface area contributed by atoms with Crippen LogP contribution in [0.1, 0.15) is 49.1 Å². The van der Waals surface area contributed by atoms with Crippen LogP contribution in [0.4, 0.5) is 10.5 Å². The zero-order chi connectivity index (χ0) is 20.0. The number of amides is 1. The monoisotopic (exact) mass is 413 g/mol. The quantitative estimate of drug-likeness (QED) is 0.808. The van der Waals surface area contributed by atoms with Crippen LogP contribution in [-0.2, 0) is 11.2 Å². The summed E-state index contributed by atoms with van der Waals surface area (Å²) in [6.07, 6.45) is 5.14. The Balaban J connectivity index is 1.58. The first kappa shape index (κ1) is 18.9. The second-order valence-corrected chi connectivity index (χ2v) is 9.15. The lowest BCUT2D eigenvalue weighted by Crippen LogP contribution is -2.42. The first-order valence-corrected chi connectivity index (χ1v) is 11.4. The van der Waals surface area contributed by atoms with E-state index in [0.717, 1.165) is 67.0 Å². The second kappa shape index (κ2) is 7.61. The Bertz CT molecular complexity index is 920. The number of rotatable bonds is 4. The Morgan fingerprint density at radius 3 is 2.76 bits per heavy atom. The first-order valence-electron chi connectivity index (χ1n) is 10.5. The standard InChI is InChI=1S/C22H27N3O3S/c1-13-6-7-17-19(25(13)22(26)27-2)9-8-16(20(17)28-15-4-3-5-15)18-12-29-21(24-18)14-10-23-11-14/h8-9,12-15,23H,3-7,10-11H2,1-2H3. The van der Waals surface area contributed by atoms with E-state index in [1.54, 1.807) is 16.2 Å². The van der Waals surface area contributed by atoms with Gasteiger partial charge in [-0.05, 0) is 51.2 Å². The summed E-state index contributed by atoms with van der Waals surface area (Å²) in [7, 11) is 1.44. The van der Waals surface area contributed by atoms with Gasteiger partial charge in [0.2, 0.25) is 0 Å². The van der Waals surface area contributed by atoms with Crippen LogP contribution in [-0.4, -0.2) is 43.4 Å². The number of anilines is 1. The number of ether oxygens (including phenoxy) is 2. The highest BCUT2D eigenvalue weighted by atomic mass is 32.1. The maximum absolute atomic E-state index is 12.5. The minimum absolute atomic E-state index is 0.106. The molecule has 5 rings (SSSR count). The lowest BCUT2D eigenvalue weighted by Gasteiger charge is -2.36. The summed E-state index contributed by atoms with van der Waals surface area (Å²) in [4.78, 5) is 19.2. The molecule has 3 aliphatic rings. The number of aromatic nitrogens is 1. The lowest BCUT2D eigenvalue weighted by molar-refractivity contribution is 0.119. The van der Waals surface area contributed by atoms with Gasteiger partial charge in [-0.25, -0.2) is 9.78 Å². The minimum Gasteiger partial charge on any atom is -0.489 e. The number of methoxy groups -OCH3 is 1. The molecule has 0 bridgehead atoms. The van der Waals surface area contributed by atoms with Crippen LogP contribution < -0.4 is 15.0 Å². The van der Waals surface area contributed by atoms with Crippen molar-refractivity contribution >= 4 is 23.1 Å². The Hall–Kier alpha value is -2.12. The van der Waals surface area contributed by atoms with E-state index < -0.39 is 0 Å². The van der Waals surface area contributed by atoms with Gasteiger partial charge >= 0.3 is 6.09 Å². The van der Waals surface area contributed by atoms with Gasteiger partial charge in [-0.2, -0.15) is 0 Å². The van der Waals surface area contributed by atoms with Gasteiger partial charge in [-0.1, -0.05) is 0 Å². The van der Waals surface area contributed by atoms with Gasteiger partial charge in [-0.3, -0.25) is 4.90 Å². The molecule has 2 fully saturated rings. The highest BCUT2D eigenvalue weighted by Crippen LogP contribution is 2.45. The van der Waals surface area contributed by atoms with E-state index in [1.807, 2.05) is 6.07 Å². The molecule has 7 heteroatoms. The molecule has 2 aliphatic heterocycles. The molecule has 1 aromatic heterocycles. The van der Waals surface area contributed by atoms with Crippen molar-refractivity contribution in [1.29, 1.82) is 0 Å². The number of hydrogen-bond donors (Lipinski definition) is 1. The van der Waals surface area contributed by atoms with Gasteiger partial charge in [0.25, 0.3) is 0 Å². The molecule has 1 aromatic carbocycles. The van der Waals surface area contributed by atoms with Gasteiger partial charge < -0.3 is 14.8 Å². The predicted molar refractivity (Wildman–Crippen MR) is 114 cm³/mol. The largest absolute Gasteiger partial charge is 0.489 e. The Labute approximate surface area is 175 Å². The predicted octanol–water partition coefficient (Wildman–Crippen LogP) is 4.34. The topological polar surface area (TPSA) is 63.7 Å². The van der Waals surface area contributed by atoms with Crippen molar-refractivity contribution in [2.45, 2.75) is 57.1 Å². The molecule has 154 valence electrons. The summed E-state index contributed by atoms with van der Waals surface area (Å²) in [5.41, 5.74) is 4.05. The maximum Gasteiger partial charge on any atom is 0.414 e. The number of nitrogens with zero attached hydrogens (tertiary/aromatic N) is 2. The molecule has 1 N–H and O–H groups in total. The van der Waals surface area contributed by atoms with Crippen LogP contribution in [0, 0.1) is 0 Å². The Kier molecular flexibility index (Phi) is 4.95. The molecule has 1 saturated heterocycles. The number of hydrogen-bond acceptors (Lipinski definition) is 6. The van der Waals surface area contributed by atoms with Crippen molar-refractivity contribution in [3.8, 4) is 17.0 Å². The molecule has 0 radical (unpaired) electrons. The van der Waals surface area contributed by atoms with Gasteiger partial charge in [0.1, 0.15) is 5.75 Å². The molecule has 2 aromatic rings. The molecular formula is C22H27N3O3S. The normalized spacial score (nSPS) is 21.9. The van der Waals surface area contributed by atoms with E-state index in [-0.39, 0.29) is 18.2 Å². The minimum atomic E-state index is -0.311. The molecule has 1 saturated carbocycles. The van der Waals surface area contributed by atoms with E-state index in [0.29, 0.717) is 5.92 Å². The van der Waals surface area contributed by atoms with Crippen LogP contribution in [0.5, 0.6) is 5.75 Å². The van der Waals surface area contributed by atoms with Gasteiger partial charge in [0.15, 0.2) is 0 Å². The summed E-state index contributed by atoms with van der Waals surface area (Å²) in [6.45, 7) is 4.09. The summed E-state index contributed by atoms with van der Waals surface area (Å²) in [6, 6.07) is 4.21. The number of thiazole rings is 1. The van der Waals surface area contributed by atoms with Crippen molar-refractivity contribution in [3.05, 3.63) is 28.1 Å². The summed E-state index contributed by atoms with van der Waals surface area (Å²) < 4.78 is 11.6. The van der Waals surface area contributed by atoms with E-state index in [4.69, 9.17) is 14.5 Å². The molecule has 3 heterocycles. The highest BCUT2D eigenvalue weighted by Gasteiger charge is 2.34. The fraction of sp³-hybridized carbons (Fsp3) is 0.545. The fourth-order valence-electron chi connectivity index (χ4n) is 4.23. The summed E-state index contributed by atoms with van der Waals surface area (Å²) >= 11 is 1.73. The van der Waals surface area contributed by atoms with Crippen LogP contribution in [0.2, 0.25) is 0 Å². The molecule has 6 nitrogen and oxygen atoms in total. The molecule has 29 heavy (non-hydrogen) atoms. The molecular weight excluding hydrogens is 386 g/mol. The van der Waals surface area contributed by atoms with Crippen LogP contribution in [0.15, 0.2) is 17.5 Å². The third-order valence-corrected chi connectivity index (χ3v) is 7.39. The van der Waals surface area contributed by atoms with Crippen molar-refractivity contribution in [1.82, 2.24) is 10.3 Å². The first-order chi connectivity index (χ1) is 14.2. The zero-order valence-electron chi connectivity index (χ0n) is 16.9. The van der Waals surface area contributed by atoms with Crippen molar-refractivity contribution in [2.75, 3.05) is 25.1 Å². The van der Waals surface area contributed by atoms with Gasteiger partial charge in [0.05, 0.1) is 29.6 Å². The Morgan fingerprint density at radius 2 is 2.10 bits per heavy atom. The number of benzene rings is 1. The van der Waals surface area contributed by atoms with Gasteiger partial charge in [-0.15, -0.1) is 11.3 Å². The average molecular weight is 414 g/mol. The number of carbonyl (C=O) groups excluding carboxylic acids is 1. The van der Waals surface area contributed by atoms with Crippen molar-refractivity contribution in [3.63, 3.8) is 0 Å². The fourth-order valence-corrected chi connectivity index (χ4v) is 5.16. The number of fused-ring (bicyclic) bond motifs is 1. The number of nitrogens with one attached hydrogen (secondary N) is 1. The summed E-state index contributed by atoms with van der Waals surface area (Å²) in [5.74, 6) is 1.44. The second-order valence-electron chi connectivity index (χ2n) is 8.26. The molecule has 0 spiro atoms.